The maximum absolute atomic E-state index is 12.6. The molecule has 0 amide bonds. The molecule has 0 N–H and O–H groups in total. The molecular formula is C20H30N2O3S. The molecule has 5 nitrogen and oxygen atoms in total. The Morgan fingerprint density at radius 3 is 2.19 bits per heavy atom. The fraction of sp³-hybridized carbons (Fsp3) is 0.600. The van der Waals surface area contributed by atoms with Gasteiger partial charge in [-0.3, -0.25) is 0 Å². The van der Waals surface area contributed by atoms with E-state index < -0.39 is 10.0 Å². The van der Waals surface area contributed by atoms with Crippen LogP contribution in [-0.4, -0.2) is 63.1 Å². The van der Waals surface area contributed by atoms with Crippen molar-refractivity contribution in [3.8, 4) is 0 Å². The molecule has 0 aliphatic carbocycles. The molecule has 2 aliphatic heterocycles. The van der Waals surface area contributed by atoms with Gasteiger partial charge in [0.2, 0.25) is 10.0 Å². The van der Waals surface area contributed by atoms with Crippen LogP contribution in [0.2, 0.25) is 0 Å². The fourth-order valence-corrected chi connectivity index (χ4v) is 5.09. The van der Waals surface area contributed by atoms with Crippen molar-refractivity contribution in [3.63, 3.8) is 0 Å². The Labute approximate surface area is 157 Å². The van der Waals surface area contributed by atoms with Crippen molar-refractivity contribution in [3.05, 3.63) is 40.8 Å². The first kappa shape index (κ1) is 19.5. The van der Waals surface area contributed by atoms with Crippen molar-refractivity contribution in [2.45, 2.75) is 44.8 Å². The summed E-state index contributed by atoms with van der Waals surface area (Å²) in [4.78, 5) is 2.52. The van der Waals surface area contributed by atoms with Crippen molar-refractivity contribution in [1.82, 2.24) is 9.21 Å². The summed E-state index contributed by atoms with van der Waals surface area (Å²) in [6.07, 6.45) is 6.06. The molecule has 6 heteroatoms. The van der Waals surface area contributed by atoms with Gasteiger partial charge in [0.25, 0.3) is 0 Å². The van der Waals surface area contributed by atoms with Crippen molar-refractivity contribution >= 4 is 16.1 Å². The van der Waals surface area contributed by atoms with E-state index in [1.807, 2.05) is 31.2 Å². The number of hydrogen-bond donors (Lipinski definition) is 0. The Hall–Kier alpha value is -1.21. The molecule has 2 saturated heterocycles. The Kier molecular flexibility index (Phi) is 6.51. The van der Waals surface area contributed by atoms with Gasteiger partial charge in [0.05, 0.1) is 6.10 Å². The molecule has 0 bridgehead atoms. The number of rotatable bonds is 5. The number of ether oxygens (including phenoxy) is 1. The number of likely N-dealkylation sites (tertiary alicyclic amines) is 1. The van der Waals surface area contributed by atoms with Crippen LogP contribution in [-0.2, 0) is 14.8 Å². The number of nitrogens with zero attached hydrogens (tertiary/aromatic N) is 2. The van der Waals surface area contributed by atoms with Crippen LogP contribution in [0.25, 0.3) is 6.08 Å². The molecule has 0 spiro atoms. The van der Waals surface area contributed by atoms with E-state index in [1.165, 1.54) is 11.0 Å². The zero-order chi connectivity index (χ0) is 18.6. The van der Waals surface area contributed by atoms with Gasteiger partial charge < -0.3 is 9.64 Å². The van der Waals surface area contributed by atoms with Crippen LogP contribution in [0.15, 0.2) is 29.7 Å². The van der Waals surface area contributed by atoms with E-state index in [-0.39, 0.29) is 0 Å². The van der Waals surface area contributed by atoms with Crippen LogP contribution in [0.5, 0.6) is 0 Å². The maximum atomic E-state index is 12.6. The first-order valence-electron chi connectivity index (χ1n) is 9.50. The summed E-state index contributed by atoms with van der Waals surface area (Å²) in [6.45, 7) is 5.35. The lowest BCUT2D eigenvalue weighted by atomic mass is 10.00. The summed E-state index contributed by atoms with van der Waals surface area (Å²) in [6, 6.07) is 8.36. The minimum atomic E-state index is -3.34. The molecule has 0 radical (unpaired) electrons. The Morgan fingerprint density at radius 2 is 1.62 bits per heavy atom. The van der Waals surface area contributed by atoms with Crippen LogP contribution in [0.4, 0.5) is 0 Å². The smallest absolute Gasteiger partial charge is 0.236 e. The Balaban J connectivity index is 1.52. The first-order valence-corrected chi connectivity index (χ1v) is 11.0. The zero-order valence-electron chi connectivity index (χ0n) is 15.8. The van der Waals surface area contributed by atoms with Gasteiger partial charge in [-0.05, 0) is 44.2 Å². The summed E-state index contributed by atoms with van der Waals surface area (Å²) in [7, 11) is -1.56. The SMILES string of the molecule is COC1CCN(C2CCN(S(=O)(=O)/C=C/c3ccc(C)cc3)CC2)CC1. The minimum absolute atomic E-state index is 0.388. The van der Waals surface area contributed by atoms with Crippen LogP contribution in [0.1, 0.15) is 36.8 Å². The second-order valence-electron chi connectivity index (χ2n) is 7.36. The molecule has 2 aliphatic rings. The molecule has 2 fully saturated rings. The fourth-order valence-electron chi connectivity index (χ4n) is 3.87. The number of piperidine rings is 2. The minimum Gasteiger partial charge on any atom is -0.381 e. The summed E-state index contributed by atoms with van der Waals surface area (Å²) in [5.41, 5.74) is 2.08. The van der Waals surface area contributed by atoms with Gasteiger partial charge in [-0.1, -0.05) is 29.8 Å². The predicted octanol–water partition coefficient (Wildman–Crippen LogP) is 2.87. The number of aryl methyl sites for hydroxylation is 1. The van der Waals surface area contributed by atoms with Crippen LogP contribution < -0.4 is 0 Å². The Bertz CT molecular complexity index is 699. The molecule has 1 aromatic carbocycles. The lowest BCUT2D eigenvalue weighted by Gasteiger charge is -2.41. The van der Waals surface area contributed by atoms with E-state index in [1.54, 1.807) is 17.5 Å². The van der Waals surface area contributed by atoms with Crippen LogP contribution >= 0.6 is 0 Å². The van der Waals surface area contributed by atoms with Crippen molar-refractivity contribution in [2.24, 2.45) is 0 Å². The largest absolute Gasteiger partial charge is 0.381 e. The molecule has 2 heterocycles. The lowest BCUT2D eigenvalue weighted by Crippen LogP contribution is -2.49. The van der Waals surface area contributed by atoms with Crippen molar-refractivity contribution < 1.29 is 13.2 Å². The lowest BCUT2D eigenvalue weighted by molar-refractivity contribution is 0.0190. The Morgan fingerprint density at radius 1 is 1.00 bits per heavy atom. The third-order valence-corrected chi connectivity index (χ3v) is 7.18. The van der Waals surface area contributed by atoms with E-state index in [0.717, 1.165) is 44.3 Å². The van der Waals surface area contributed by atoms with Crippen LogP contribution in [0, 0.1) is 6.92 Å². The highest BCUT2D eigenvalue weighted by atomic mass is 32.2. The van der Waals surface area contributed by atoms with Gasteiger partial charge in [0.1, 0.15) is 0 Å². The molecule has 3 rings (SSSR count). The van der Waals surface area contributed by atoms with Gasteiger partial charge in [-0.15, -0.1) is 0 Å². The van der Waals surface area contributed by atoms with Crippen LogP contribution in [0.3, 0.4) is 0 Å². The van der Waals surface area contributed by atoms with Gasteiger partial charge in [0.15, 0.2) is 0 Å². The average Bonchev–Trinajstić information content (AvgIpc) is 2.68. The molecular weight excluding hydrogens is 348 g/mol. The molecule has 0 saturated carbocycles. The third-order valence-electron chi connectivity index (χ3n) is 5.62. The van der Waals surface area contributed by atoms with E-state index in [2.05, 4.69) is 4.90 Å². The normalized spacial score (nSPS) is 22.2. The van der Waals surface area contributed by atoms with E-state index in [4.69, 9.17) is 4.74 Å². The molecule has 1 aromatic rings. The topological polar surface area (TPSA) is 49.9 Å². The number of sulfonamides is 1. The average molecular weight is 379 g/mol. The van der Waals surface area contributed by atoms with E-state index in [0.29, 0.717) is 25.2 Å². The highest BCUT2D eigenvalue weighted by molar-refractivity contribution is 7.92. The second kappa shape index (κ2) is 8.65. The quantitative estimate of drug-likeness (QED) is 0.791. The van der Waals surface area contributed by atoms with Crippen molar-refractivity contribution in [2.75, 3.05) is 33.3 Å². The third kappa shape index (κ3) is 4.94. The van der Waals surface area contributed by atoms with Gasteiger partial charge in [-0.2, -0.15) is 4.31 Å². The highest BCUT2D eigenvalue weighted by Gasteiger charge is 2.31. The number of hydrogen-bond acceptors (Lipinski definition) is 4. The summed E-state index contributed by atoms with van der Waals surface area (Å²) < 4.78 is 32.3. The van der Waals surface area contributed by atoms with Gasteiger partial charge in [-0.25, -0.2) is 8.42 Å². The monoisotopic (exact) mass is 378 g/mol. The summed E-state index contributed by atoms with van der Waals surface area (Å²) in [5, 5.41) is 1.35. The number of methoxy groups -OCH3 is 1. The molecule has 0 aromatic heterocycles. The maximum Gasteiger partial charge on any atom is 0.236 e. The highest BCUT2D eigenvalue weighted by Crippen LogP contribution is 2.24. The second-order valence-corrected chi connectivity index (χ2v) is 9.18. The predicted molar refractivity (Wildman–Crippen MR) is 105 cm³/mol. The zero-order valence-corrected chi connectivity index (χ0v) is 16.6. The van der Waals surface area contributed by atoms with Gasteiger partial charge in [0, 0.05) is 44.7 Å². The number of benzene rings is 1. The van der Waals surface area contributed by atoms with E-state index >= 15 is 0 Å². The standard InChI is InChI=1S/C20H30N2O3S/c1-17-3-5-18(6-4-17)11-16-26(23,24)22-14-7-19(8-15-22)21-12-9-20(25-2)10-13-21/h3-6,11,16,19-20H,7-10,12-15H2,1-2H3/b16-11+. The van der Waals surface area contributed by atoms with E-state index in [9.17, 15) is 8.42 Å². The van der Waals surface area contributed by atoms with Gasteiger partial charge >= 0.3 is 0 Å². The first-order chi connectivity index (χ1) is 12.5. The summed E-state index contributed by atoms with van der Waals surface area (Å²) >= 11 is 0. The molecule has 26 heavy (non-hydrogen) atoms. The summed E-state index contributed by atoms with van der Waals surface area (Å²) in [5.74, 6) is 0. The molecule has 144 valence electrons. The van der Waals surface area contributed by atoms with Crippen molar-refractivity contribution in [1.29, 1.82) is 0 Å². The molecule has 0 atom stereocenters. The molecule has 0 unspecified atom stereocenters.